The smallest absolute Gasteiger partial charge is 0.0676 e. The molecule has 0 radical (unpaired) electrons. The number of hydrogen-bond acceptors (Lipinski definition) is 1. The SMILES string of the molecule is COCC1=C[C@H]2[C@@H]3C[C@@H]4[C@H]2[C@@H]4[C@H]13. The second-order valence-electron chi connectivity index (χ2n) is 5.00. The van der Waals surface area contributed by atoms with E-state index in [4.69, 9.17) is 4.74 Å². The van der Waals surface area contributed by atoms with Crippen LogP contribution in [0, 0.1) is 35.5 Å². The molecule has 0 heterocycles. The molecule has 0 aliphatic heterocycles. The van der Waals surface area contributed by atoms with E-state index in [0.29, 0.717) is 0 Å². The predicted octanol–water partition coefficient (Wildman–Crippen LogP) is 1.70. The maximum atomic E-state index is 5.24. The van der Waals surface area contributed by atoms with Crippen LogP contribution in [0.25, 0.3) is 0 Å². The summed E-state index contributed by atoms with van der Waals surface area (Å²) in [6, 6.07) is 0. The molecule has 5 rings (SSSR count). The Balaban J connectivity index is 1.74. The third-order valence-corrected chi connectivity index (χ3v) is 4.80. The van der Waals surface area contributed by atoms with Gasteiger partial charge in [0, 0.05) is 7.11 Å². The Morgan fingerprint density at radius 3 is 2.92 bits per heavy atom. The quantitative estimate of drug-likeness (QED) is 0.561. The van der Waals surface area contributed by atoms with Gasteiger partial charge in [-0.3, -0.25) is 0 Å². The van der Waals surface area contributed by atoms with Crippen LogP contribution in [0.4, 0.5) is 0 Å². The zero-order chi connectivity index (χ0) is 7.87. The summed E-state index contributed by atoms with van der Waals surface area (Å²) < 4.78 is 5.24. The van der Waals surface area contributed by atoms with Gasteiger partial charge in [-0.05, 0) is 47.5 Å². The first kappa shape index (κ1) is 6.20. The van der Waals surface area contributed by atoms with Crippen molar-refractivity contribution < 1.29 is 4.74 Å². The largest absolute Gasteiger partial charge is 0.380 e. The molecule has 6 bridgehead atoms. The second kappa shape index (κ2) is 1.65. The fourth-order valence-corrected chi connectivity index (χ4v) is 4.64. The molecule has 4 saturated carbocycles. The van der Waals surface area contributed by atoms with Crippen LogP contribution in [0.3, 0.4) is 0 Å². The first-order valence-electron chi connectivity index (χ1n) is 5.11. The lowest BCUT2D eigenvalue weighted by molar-refractivity contribution is 0.213. The molecule has 5 aliphatic carbocycles. The number of ether oxygens (including phenoxy) is 1. The summed E-state index contributed by atoms with van der Waals surface area (Å²) in [7, 11) is 1.82. The van der Waals surface area contributed by atoms with Crippen LogP contribution in [-0.2, 0) is 4.74 Å². The predicted molar refractivity (Wildman–Crippen MR) is 45.5 cm³/mol. The molecule has 64 valence electrons. The van der Waals surface area contributed by atoms with Gasteiger partial charge in [0.25, 0.3) is 0 Å². The molecule has 5 aliphatic rings. The van der Waals surface area contributed by atoms with Crippen molar-refractivity contribution >= 4 is 0 Å². The van der Waals surface area contributed by atoms with Gasteiger partial charge in [0.15, 0.2) is 0 Å². The normalized spacial score (nSPS) is 62.6. The first-order chi connectivity index (χ1) is 5.92. The molecule has 0 saturated heterocycles. The molecule has 0 aromatic heterocycles. The van der Waals surface area contributed by atoms with Gasteiger partial charge in [-0.2, -0.15) is 0 Å². The highest BCUT2D eigenvalue weighted by atomic mass is 16.5. The molecule has 0 unspecified atom stereocenters. The van der Waals surface area contributed by atoms with E-state index in [2.05, 4.69) is 6.08 Å². The van der Waals surface area contributed by atoms with Crippen LogP contribution < -0.4 is 0 Å². The summed E-state index contributed by atoms with van der Waals surface area (Å²) in [4.78, 5) is 0. The van der Waals surface area contributed by atoms with Gasteiger partial charge in [0.2, 0.25) is 0 Å². The topological polar surface area (TPSA) is 9.23 Å². The van der Waals surface area contributed by atoms with Gasteiger partial charge in [0.05, 0.1) is 6.61 Å². The van der Waals surface area contributed by atoms with Gasteiger partial charge < -0.3 is 4.74 Å². The van der Waals surface area contributed by atoms with E-state index in [0.717, 1.165) is 42.1 Å². The maximum Gasteiger partial charge on any atom is 0.0676 e. The van der Waals surface area contributed by atoms with Gasteiger partial charge in [-0.25, -0.2) is 0 Å². The highest BCUT2D eigenvalue weighted by molar-refractivity contribution is 5.38. The van der Waals surface area contributed by atoms with Gasteiger partial charge in [-0.1, -0.05) is 6.08 Å². The first-order valence-corrected chi connectivity index (χ1v) is 5.11. The van der Waals surface area contributed by atoms with E-state index in [1.807, 2.05) is 7.11 Å². The summed E-state index contributed by atoms with van der Waals surface area (Å²) >= 11 is 0. The van der Waals surface area contributed by atoms with Gasteiger partial charge in [-0.15, -0.1) is 0 Å². The van der Waals surface area contributed by atoms with Crippen molar-refractivity contribution in [3.05, 3.63) is 11.6 Å². The van der Waals surface area contributed by atoms with Crippen molar-refractivity contribution in [3.8, 4) is 0 Å². The fourth-order valence-electron chi connectivity index (χ4n) is 4.64. The summed E-state index contributed by atoms with van der Waals surface area (Å²) in [5.74, 6) is 6.45. The lowest BCUT2D eigenvalue weighted by Crippen LogP contribution is -2.08. The Labute approximate surface area is 72.8 Å². The van der Waals surface area contributed by atoms with Crippen LogP contribution >= 0.6 is 0 Å². The summed E-state index contributed by atoms with van der Waals surface area (Å²) in [5.41, 5.74) is 1.65. The lowest BCUT2D eigenvalue weighted by atomic mass is 9.95. The average Bonchev–Trinajstić information content (AvgIpc) is 2.48. The maximum absolute atomic E-state index is 5.24. The van der Waals surface area contributed by atoms with Crippen LogP contribution in [0.1, 0.15) is 6.42 Å². The van der Waals surface area contributed by atoms with Gasteiger partial charge >= 0.3 is 0 Å². The van der Waals surface area contributed by atoms with Crippen molar-refractivity contribution in [2.45, 2.75) is 6.42 Å². The fraction of sp³-hybridized carbons (Fsp3) is 0.818. The van der Waals surface area contributed by atoms with Crippen molar-refractivity contribution in [2.75, 3.05) is 13.7 Å². The van der Waals surface area contributed by atoms with Crippen LogP contribution in [-0.4, -0.2) is 13.7 Å². The van der Waals surface area contributed by atoms with E-state index in [-0.39, 0.29) is 0 Å². The van der Waals surface area contributed by atoms with Crippen molar-refractivity contribution in [2.24, 2.45) is 35.5 Å². The summed E-state index contributed by atoms with van der Waals surface area (Å²) in [6.45, 7) is 0.910. The monoisotopic (exact) mass is 162 g/mol. The zero-order valence-electron chi connectivity index (χ0n) is 7.36. The zero-order valence-corrected chi connectivity index (χ0v) is 7.36. The molecule has 1 heteroatoms. The molecular weight excluding hydrogens is 148 g/mol. The van der Waals surface area contributed by atoms with Crippen LogP contribution in [0.2, 0.25) is 0 Å². The summed E-state index contributed by atoms with van der Waals surface area (Å²) in [6.07, 6.45) is 4.10. The molecule has 1 nitrogen and oxygen atoms in total. The molecule has 0 N–H and O–H groups in total. The van der Waals surface area contributed by atoms with E-state index < -0.39 is 0 Å². The van der Waals surface area contributed by atoms with E-state index in [1.54, 1.807) is 12.0 Å². The summed E-state index contributed by atoms with van der Waals surface area (Å²) in [5, 5.41) is 0. The minimum Gasteiger partial charge on any atom is -0.380 e. The lowest BCUT2D eigenvalue weighted by Gasteiger charge is -2.13. The number of allylic oxidation sites excluding steroid dienone is 1. The van der Waals surface area contributed by atoms with Crippen molar-refractivity contribution in [1.29, 1.82) is 0 Å². The number of rotatable bonds is 2. The van der Waals surface area contributed by atoms with Crippen molar-refractivity contribution in [3.63, 3.8) is 0 Å². The van der Waals surface area contributed by atoms with Crippen LogP contribution in [0.15, 0.2) is 11.6 Å². The Kier molecular flexibility index (Phi) is 0.852. The minimum atomic E-state index is 0.910. The molecule has 4 fully saturated rings. The number of hydrogen-bond donors (Lipinski definition) is 0. The van der Waals surface area contributed by atoms with Crippen LogP contribution in [0.5, 0.6) is 0 Å². The third-order valence-electron chi connectivity index (χ3n) is 4.80. The molecule has 0 spiro atoms. The van der Waals surface area contributed by atoms with E-state index in [9.17, 15) is 0 Å². The Morgan fingerprint density at radius 1 is 1.42 bits per heavy atom. The number of methoxy groups -OCH3 is 1. The third kappa shape index (κ3) is 0.443. The molecule has 12 heavy (non-hydrogen) atoms. The minimum absolute atomic E-state index is 0.910. The molecule has 0 aromatic rings. The highest BCUT2D eigenvalue weighted by Gasteiger charge is 2.75. The molecule has 6 atom stereocenters. The highest BCUT2D eigenvalue weighted by Crippen LogP contribution is 2.80. The Morgan fingerprint density at radius 2 is 2.33 bits per heavy atom. The van der Waals surface area contributed by atoms with Crippen molar-refractivity contribution in [1.82, 2.24) is 0 Å². The Bertz CT molecular complexity index is 281. The van der Waals surface area contributed by atoms with Gasteiger partial charge in [0.1, 0.15) is 0 Å². The average molecular weight is 162 g/mol. The Hall–Kier alpha value is -0.300. The second-order valence-corrected chi connectivity index (χ2v) is 5.00. The molecule has 0 aromatic carbocycles. The van der Waals surface area contributed by atoms with E-state index >= 15 is 0 Å². The standard InChI is InChI=1S/C11H14O/c1-12-4-5-2-6-7-3-8-10(6)11(8)9(5)7/h2,6-11H,3-4H2,1H3/t6-,7-,8+,9+,10-,11-/m0/s1. The molecule has 0 amide bonds. The molecular formula is C11H14O. The van der Waals surface area contributed by atoms with E-state index in [1.165, 1.54) is 0 Å².